The zero-order chi connectivity index (χ0) is 22.3. The minimum Gasteiger partial charge on any atom is -0.490 e. The summed E-state index contributed by atoms with van der Waals surface area (Å²) in [6, 6.07) is 4.05. The Labute approximate surface area is 171 Å². The number of hydrogen-bond donors (Lipinski definition) is 0. The first-order chi connectivity index (χ1) is 13.9. The van der Waals surface area contributed by atoms with Crippen LogP contribution >= 0.6 is 0 Å². The Morgan fingerprint density at radius 2 is 1.97 bits per heavy atom. The largest absolute Gasteiger partial charge is 0.490 e. The lowest BCUT2D eigenvalue weighted by Gasteiger charge is -2.29. The van der Waals surface area contributed by atoms with Crippen molar-refractivity contribution in [3.63, 3.8) is 0 Å². The summed E-state index contributed by atoms with van der Waals surface area (Å²) in [6.07, 6.45) is -2.66. The van der Waals surface area contributed by atoms with Gasteiger partial charge in [-0.15, -0.1) is 0 Å². The molecule has 7 nitrogen and oxygen atoms in total. The third-order valence-corrected chi connectivity index (χ3v) is 5.56. The second-order valence-electron chi connectivity index (χ2n) is 7.24. The number of hydrogen-bond acceptors (Lipinski definition) is 6. The molecule has 1 aromatic carbocycles. The quantitative estimate of drug-likeness (QED) is 0.722. The number of amides is 1. The molecule has 1 aliphatic rings. The summed E-state index contributed by atoms with van der Waals surface area (Å²) in [5, 5.41) is 0. The molecule has 11 heteroatoms. The Kier molecular flexibility index (Phi) is 5.76. The van der Waals surface area contributed by atoms with E-state index in [0.717, 1.165) is 12.5 Å². The van der Waals surface area contributed by atoms with Crippen LogP contribution in [0.1, 0.15) is 41.3 Å². The number of carbonyl (C=O) groups excluding carboxylic acids is 1. The van der Waals surface area contributed by atoms with Gasteiger partial charge in [-0.05, 0) is 32.0 Å². The number of sulfone groups is 1. The molecule has 1 aromatic heterocycles. The average Bonchev–Trinajstić information content (AvgIpc) is 2.65. The van der Waals surface area contributed by atoms with Gasteiger partial charge in [-0.1, -0.05) is 0 Å². The first-order valence-electron chi connectivity index (χ1n) is 9.08. The molecule has 0 fully saturated rings. The summed E-state index contributed by atoms with van der Waals surface area (Å²) in [6.45, 7) is 3.68. The maximum Gasteiger partial charge on any atom is 0.451 e. The van der Waals surface area contributed by atoms with E-state index in [1.165, 1.54) is 23.1 Å². The summed E-state index contributed by atoms with van der Waals surface area (Å²) < 4.78 is 67.9. The topological polar surface area (TPSA) is 89.5 Å². The molecule has 1 amide bonds. The van der Waals surface area contributed by atoms with Crippen LogP contribution in [0.25, 0.3) is 0 Å². The molecular formula is C19H20F3N3O4S. The van der Waals surface area contributed by atoms with E-state index in [-0.39, 0.29) is 47.5 Å². The minimum atomic E-state index is -4.64. The van der Waals surface area contributed by atoms with E-state index in [1.54, 1.807) is 13.8 Å². The average molecular weight is 443 g/mol. The Morgan fingerprint density at radius 3 is 2.57 bits per heavy atom. The van der Waals surface area contributed by atoms with Crippen molar-refractivity contribution in [1.29, 1.82) is 0 Å². The molecule has 0 radical (unpaired) electrons. The van der Waals surface area contributed by atoms with Crippen molar-refractivity contribution >= 4 is 15.7 Å². The first kappa shape index (κ1) is 22.0. The third-order valence-electron chi connectivity index (χ3n) is 4.45. The van der Waals surface area contributed by atoms with Crippen LogP contribution in [0.2, 0.25) is 0 Å². The molecule has 1 aliphatic heterocycles. The summed E-state index contributed by atoms with van der Waals surface area (Å²) in [5.74, 6) is -1.46. The molecule has 0 N–H and O–H groups in total. The number of alkyl halides is 3. The molecule has 0 spiro atoms. The Hall–Kier alpha value is -2.69. The van der Waals surface area contributed by atoms with Gasteiger partial charge in [-0.2, -0.15) is 13.2 Å². The molecule has 0 saturated carbocycles. The number of halogens is 3. The summed E-state index contributed by atoms with van der Waals surface area (Å²) in [5.41, 5.74) is 0.723. The molecule has 0 unspecified atom stereocenters. The van der Waals surface area contributed by atoms with Crippen molar-refractivity contribution in [1.82, 2.24) is 14.9 Å². The Morgan fingerprint density at radius 1 is 1.27 bits per heavy atom. The smallest absolute Gasteiger partial charge is 0.451 e. The lowest BCUT2D eigenvalue weighted by Crippen LogP contribution is -2.37. The van der Waals surface area contributed by atoms with Crippen molar-refractivity contribution in [3.8, 4) is 5.75 Å². The molecule has 0 saturated heterocycles. The van der Waals surface area contributed by atoms with Gasteiger partial charge < -0.3 is 9.64 Å². The van der Waals surface area contributed by atoms with Crippen molar-refractivity contribution in [3.05, 3.63) is 47.0 Å². The predicted octanol–water partition coefficient (Wildman–Crippen LogP) is 2.88. The van der Waals surface area contributed by atoms with Gasteiger partial charge >= 0.3 is 6.18 Å². The van der Waals surface area contributed by atoms with Crippen molar-refractivity contribution in [2.45, 2.75) is 44.0 Å². The molecule has 2 aromatic rings. The highest BCUT2D eigenvalue weighted by Gasteiger charge is 2.36. The van der Waals surface area contributed by atoms with Crippen LogP contribution in [0.15, 0.2) is 29.3 Å². The minimum absolute atomic E-state index is 0.0104. The molecular weight excluding hydrogens is 423 g/mol. The molecule has 3 rings (SSSR count). The van der Waals surface area contributed by atoms with Gasteiger partial charge in [0.25, 0.3) is 5.91 Å². The van der Waals surface area contributed by atoms with Crippen LogP contribution in [0.5, 0.6) is 5.75 Å². The van der Waals surface area contributed by atoms with Gasteiger partial charge in [0.1, 0.15) is 5.75 Å². The van der Waals surface area contributed by atoms with Crippen molar-refractivity contribution in [2.75, 3.05) is 12.8 Å². The number of benzene rings is 1. The second kappa shape index (κ2) is 7.86. The highest BCUT2D eigenvalue weighted by molar-refractivity contribution is 7.90. The van der Waals surface area contributed by atoms with Gasteiger partial charge in [-0.25, -0.2) is 18.4 Å². The van der Waals surface area contributed by atoms with Crippen molar-refractivity contribution < 1.29 is 31.1 Å². The van der Waals surface area contributed by atoms with Crippen LogP contribution in [-0.4, -0.2) is 48.1 Å². The highest BCUT2D eigenvalue weighted by atomic mass is 32.2. The number of ether oxygens (including phenoxy) is 1. The van der Waals surface area contributed by atoms with Gasteiger partial charge in [0, 0.05) is 37.5 Å². The first-order valence-corrected chi connectivity index (χ1v) is 11.0. The fraction of sp³-hybridized carbons (Fsp3) is 0.421. The standard InChI is InChI=1S/C19H20F3N3O4S/c1-11(2)29-16-5-4-13(30(3,27)28)8-14(16)17(26)25-7-6-15-12(10-25)9-23-18(24-15)19(20,21)22/h4-5,8-9,11H,6-7,10H2,1-3H3. The number of rotatable bonds is 4. The van der Waals surface area contributed by atoms with Gasteiger partial charge in [0.2, 0.25) is 5.82 Å². The Balaban J connectivity index is 1.93. The van der Waals surface area contributed by atoms with E-state index >= 15 is 0 Å². The zero-order valence-corrected chi connectivity index (χ0v) is 17.3. The van der Waals surface area contributed by atoms with Gasteiger partial charge in [-0.3, -0.25) is 4.79 Å². The molecule has 162 valence electrons. The van der Waals surface area contributed by atoms with E-state index in [2.05, 4.69) is 9.97 Å². The third kappa shape index (κ3) is 4.72. The SMILES string of the molecule is CC(C)Oc1ccc(S(C)(=O)=O)cc1C(=O)N1CCc2nc(C(F)(F)F)ncc2C1. The van der Waals surface area contributed by atoms with Gasteiger partial charge in [0.15, 0.2) is 9.84 Å². The van der Waals surface area contributed by atoms with Crippen molar-refractivity contribution in [2.24, 2.45) is 0 Å². The number of nitrogens with zero attached hydrogens (tertiary/aromatic N) is 3. The number of carbonyl (C=O) groups is 1. The predicted molar refractivity (Wildman–Crippen MR) is 101 cm³/mol. The van der Waals surface area contributed by atoms with Crippen LogP contribution in [0.4, 0.5) is 13.2 Å². The second-order valence-corrected chi connectivity index (χ2v) is 9.25. The molecule has 30 heavy (non-hydrogen) atoms. The number of fused-ring (bicyclic) bond motifs is 1. The van der Waals surface area contributed by atoms with Gasteiger partial charge in [0.05, 0.1) is 22.3 Å². The van der Waals surface area contributed by atoms with Crippen LogP contribution in [0.3, 0.4) is 0 Å². The molecule has 0 aliphatic carbocycles. The van der Waals surface area contributed by atoms with Crippen LogP contribution < -0.4 is 4.74 Å². The maximum atomic E-state index is 13.1. The lowest BCUT2D eigenvalue weighted by molar-refractivity contribution is -0.145. The highest BCUT2D eigenvalue weighted by Crippen LogP contribution is 2.30. The molecule has 2 heterocycles. The lowest BCUT2D eigenvalue weighted by atomic mass is 10.1. The monoisotopic (exact) mass is 443 g/mol. The summed E-state index contributed by atoms with van der Waals surface area (Å²) in [4.78, 5) is 21.5. The Bertz CT molecular complexity index is 1080. The number of aromatic nitrogens is 2. The fourth-order valence-electron chi connectivity index (χ4n) is 3.06. The molecule has 0 bridgehead atoms. The zero-order valence-electron chi connectivity index (χ0n) is 16.5. The van der Waals surface area contributed by atoms with E-state index in [4.69, 9.17) is 4.74 Å². The normalized spacial score (nSPS) is 14.6. The van der Waals surface area contributed by atoms with E-state index in [9.17, 15) is 26.4 Å². The van der Waals surface area contributed by atoms with E-state index in [0.29, 0.717) is 5.56 Å². The molecule has 0 atom stereocenters. The summed E-state index contributed by atoms with van der Waals surface area (Å²) >= 11 is 0. The maximum absolute atomic E-state index is 13.1. The van der Waals surface area contributed by atoms with E-state index < -0.39 is 27.7 Å². The van der Waals surface area contributed by atoms with E-state index in [1.807, 2.05) is 0 Å². The fourth-order valence-corrected chi connectivity index (χ4v) is 3.71. The van der Waals surface area contributed by atoms with Crippen LogP contribution in [-0.2, 0) is 29.0 Å². The van der Waals surface area contributed by atoms with Crippen LogP contribution in [0, 0.1) is 0 Å². The summed E-state index contributed by atoms with van der Waals surface area (Å²) in [7, 11) is -3.56.